The van der Waals surface area contributed by atoms with Crippen molar-refractivity contribution in [2.75, 3.05) is 5.32 Å². The van der Waals surface area contributed by atoms with Crippen molar-refractivity contribution in [1.82, 2.24) is 5.32 Å². The number of halogens is 2. The molecule has 1 atom stereocenters. The molecule has 2 aromatic rings. The van der Waals surface area contributed by atoms with E-state index in [2.05, 4.69) is 26.6 Å². The van der Waals surface area contributed by atoms with Crippen molar-refractivity contribution < 1.29 is 14.0 Å². The Morgan fingerprint density at radius 1 is 1.27 bits per heavy atom. The number of hydrogen-bond acceptors (Lipinski definition) is 2. The highest BCUT2D eigenvalue weighted by Gasteiger charge is 2.16. The summed E-state index contributed by atoms with van der Waals surface area (Å²) in [5.41, 5.74) is 3.19. The fourth-order valence-electron chi connectivity index (χ4n) is 2.83. The van der Waals surface area contributed by atoms with Gasteiger partial charge < -0.3 is 10.6 Å². The third kappa shape index (κ3) is 4.38. The van der Waals surface area contributed by atoms with Crippen LogP contribution in [0.1, 0.15) is 36.1 Å². The van der Waals surface area contributed by atoms with Gasteiger partial charge in [-0.15, -0.1) is 0 Å². The maximum Gasteiger partial charge on any atom is 0.244 e. The average Bonchev–Trinajstić information content (AvgIpc) is 2.62. The van der Waals surface area contributed by atoms with Crippen molar-refractivity contribution in [2.24, 2.45) is 0 Å². The Morgan fingerprint density at radius 2 is 2.08 bits per heavy atom. The Balaban J connectivity index is 1.67. The van der Waals surface area contributed by atoms with Crippen LogP contribution >= 0.6 is 15.9 Å². The van der Waals surface area contributed by atoms with Crippen LogP contribution < -0.4 is 10.6 Å². The first-order valence-electron chi connectivity index (χ1n) is 8.28. The highest BCUT2D eigenvalue weighted by molar-refractivity contribution is 9.10. The predicted octanol–water partition coefficient (Wildman–Crippen LogP) is 4.36. The minimum Gasteiger partial charge on any atom is -0.346 e. The summed E-state index contributed by atoms with van der Waals surface area (Å²) < 4.78 is 14.4. The third-order valence-corrected chi connectivity index (χ3v) is 4.75. The average molecular weight is 417 g/mol. The summed E-state index contributed by atoms with van der Waals surface area (Å²) in [5, 5.41) is 5.71. The van der Waals surface area contributed by atoms with Crippen LogP contribution in [-0.4, -0.2) is 11.8 Å². The fraction of sp³-hybridized carbons (Fsp3) is 0.200. The van der Waals surface area contributed by atoms with E-state index in [1.54, 1.807) is 12.1 Å². The molecule has 0 radical (unpaired) electrons. The molecule has 0 spiro atoms. The number of carbonyl (C=O) groups excluding carboxylic acids is 2. The number of aryl methyl sites for hydroxylation is 1. The summed E-state index contributed by atoms with van der Waals surface area (Å²) in [4.78, 5) is 23.6. The van der Waals surface area contributed by atoms with Crippen molar-refractivity contribution in [3.63, 3.8) is 0 Å². The Labute approximate surface area is 159 Å². The Bertz CT molecular complexity index is 895. The molecule has 2 aromatic carbocycles. The highest BCUT2D eigenvalue weighted by Crippen LogP contribution is 2.26. The third-order valence-electron chi connectivity index (χ3n) is 4.26. The number of amides is 2. The number of hydrogen-bond donors (Lipinski definition) is 2. The summed E-state index contributed by atoms with van der Waals surface area (Å²) in [7, 11) is 0. The van der Waals surface area contributed by atoms with Gasteiger partial charge in [0.15, 0.2) is 0 Å². The second-order valence-corrected chi connectivity index (χ2v) is 7.11. The van der Waals surface area contributed by atoms with E-state index < -0.39 is 0 Å². The van der Waals surface area contributed by atoms with Crippen LogP contribution in [0.4, 0.5) is 10.1 Å². The fourth-order valence-corrected chi connectivity index (χ4v) is 3.20. The van der Waals surface area contributed by atoms with E-state index in [4.69, 9.17) is 0 Å². The molecule has 0 fully saturated rings. The Kier molecular flexibility index (Phi) is 5.52. The lowest BCUT2D eigenvalue weighted by molar-refractivity contribution is -0.117. The molecule has 3 rings (SSSR count). The molecule has 2 N–H and O–H groups in total. The minimum absolute atomic E-state index is 0.0246. The zero-order chi connectivity index (χ0) is 18.7. The van der Waals surface area contributed by atoms with Crippen molar-refractivity contribution in [2.45, 2.75) is 25.8 Å². The molecule has 6 heteroatoms. The van der Waals surface area contributed by atoms with Gasteiger partial charge in [0.2, 0.25) is 11.8 Å². The maximum absolute atomic E-state index is 13.7. The van der Waals surface area contributed by atoms with Gasteiger partial charge >= 0.3 is 0 Å². The second-order valence-electron chi connectivity index (χ2n) is 6.19. The van der Waals surface area contributed by atoms with Gasteiger partial charge in [-0.1, -0.05) is 28.1 Å². The summed E-state index contributed by atoms with van der Waals surface area (Å²) in [6.45, 7) is 1.88. The van der Waals surface area contributed by atoms with Crippen molar-refractivity contribution in [3.8, 4) is 0 Å². The SMILES string of the molecule is CC(NC(=O)/C=C/c1cc(Br)ccc1F)c1ccc2c(c1)CCC(=O)N2. The van der Waals surface area contributed by atoms with E-state index in [-0.39, 0.29) is 23.7 Å². The number of anilines is 1. The number of nitrogens with one attached hydrogen (secondary N) is 2. The highest BCUT2D eigenvalue weighted by atomic mass is 79.9. The van der Waals surface area contributed by atoms with Crippen molar-refractivity contribution in [1.29, 1.82) is 0 Å². The lowest BCUT2D eigenvalue weighted by Gasteiger charge is -2.20. The van der Waals surface area contributed by atoms with Crippen LogP contribution in [0.2, 0.25) is 0 Å². The predicted molar refractivity (Wildman–Crippen MR) is 103 cm³/mol. The first kappa shape index (κ1) is 18.3. The first-order valence-corrected chi connectivity index (χ1v) is 9.08. The number of carbonyl (C=O) groups is 2. The zero-order valence-electron chi connectivity index (χ0n) is 14.2. The van der Waals surface area contributed by atoms with E-state index in [9.17, 15) is 14.0 Å². The van der Waals surface area contributed by atoms with E-state index in [0.29, 0.717) is 18.4 Å². The number of benzene rings is 2. The molecule has 4 nitrogen and oxygen atoms in total. The van der Waals surface area contributed by atoms with Crippen molar-refractivity contribution >= 4 is 39.5 Å². The quantitative estimate of drug-likeness (QED) is 0.727. The first-order chi connectivity index (χ1) is 12.4. The summed E-state index contributed by atoms with van der Waals surface area (Å²) in [5.74, 6) is -0.665. The normalized spacial score (nSPS) is 14.7. The summed E-state index contributed by atoms with van der Waals surface area (Å²) in [6.07, 6.45) is 3.93. The lowest BCUT2D eigenvalue weighted by atomic mass is 9.98. The molecule has 134 valence electrons. The number of rotatable bonds is 4. The molecule has 0 saturated heterocycles. The molecule has 0 aliphatic carbocycles. The molecule has 26 heavy (non-hydrogen) atoms. The van der Waals surface area contributed by atoms with E-state index >= 15 is 0 Å². The summed E-state index contributed by atoms with van der Waals surface area (Å²) in [6, 6.07) is 10.1. The lowest BCUT2D eigenvalue weighted by Crippen LogP contribution is -2.25. The Morgan fingerprint density at radius 3 is 2.88 bits per heavy atom. The minimum atomic E-state index is -0.387. The molecule has 0 aromatic heterocycles. The van der Waals surface area contributed by atoms with Crippen LogP contribution in [0.5, 0.6) is 0 Å². The van der Waals surface area contributed by atoms with Gasteiger partial charge in [-0.3, -0.25) is 9.59 Å². The van der Waals surface area contributed by atoms with Gasteiger partial charge in [0.25, 0.3) is 0 Å². The van der Waals surface area contributed by atoms with Crippen LogP contribution in [0, 0.1) is 5.82 Å². The van der Waals surface area contributed by atoms with Gasteiger partial charge in [-0.2, -0.15) is 0 Å². The molecule has 1 unspecified atom stereocenters. The van der Waals surface area contributed by atoms with E-state index in [1.807, 2.05) is 25.1 Å². The van der Waals surface area contributed by atoms with Gasteiger partial charge in [0.05, 0.1) is 6.04 Å². The smallest absolute Gasteiger partial charge is 0.244 e. The van der Waals surface area contributed by atoms with Gasteiger partial charge in [0, 0.05) is 28.2 Å². The molecule has 2 amide bonds. The molecule has 1 heterocycles. The van der Waals surface area contributed by atoms with Gasteiger partial charge in [-0.05, 0) is 54.8 Å². The molecule has 1 aliphatic heterocycles. The van der Waals surface area contributed by atoms with Crippen LogP contribution in [0.15, 0.2) is 46.9 Å². The van der Waals surface area contributed by atoms with E-state index in [0.717, 1.165) is 21.3 Å². The largest absolute Gasteiger partial charge is 0.346 e. The van der Waals surface area contributed by atoms with Crippen LogP contribution in [0.3, 0.4) is 0 Å². The van der Waals surface area contributed by atoms with Gasteiger partial charge in [-0.25, -0.2) is 4.39 Å². The molecule has 0 saturated carbocycles. The molecule has 0 bridgehead atoms. The molecular weight excluding hydrogens is 399 g/mol. The topological polar surface area (TPSA) is 58.2 Å². The van der Waals surface area contributed by atoms with Gasteiger partial charge in [0.1, 0.15) is 5.82 Å². The monoisotopic (exact) mass is 416 g/mol. The molecule has 1 aliphatic rings. The number of fused-ring (bicyclic) bond motifs is 1. The maximum atomic E-state index is 13.7. The second kappa shape index (κ2) is 7.83. The molecular formula is C20H18BrFN2O2. The summed E-state index contributed by atoms with van der Waals surface area (Å²) >= 11 is 3.28. The van der Waals surface area contributed by atoms with Crippen LogP contribution in [-0.2, 0) is 16.0 Å². The standard InChI is InChI=1S/C20H18BrFN2O2/c1-12(13-2-7-18-15(10-13)4-9-20(26)24-18)23-19(25)8-3-14-11-16(21)5-6-17(14)22/h2-3,5-8,10-12H,4,9H2,1H3,(H,23,25)(H,24,26)/b8-3+. The zero-order valence-corrected chi connectivity index (χ0v) is 15.8. The Hall–Kier alpha value is -2.47. The van der Waals surface area contributed by atoms with Crippen molar-refractivity contribution in [3.05, 3.63) is 69.5 Å². The van der Waals surface area contributed by atoms with E-state index in [1.165, 1.54) is 18.2 Å². The van der Waals surface area contributed by atoms with Crippen LogP contribution in [0.25, 0.3) is 6.08 Å².